The summed E-state index contributed by atoms with van der Waals surface area (Å²) in [5.74, 6) is 0.413. The van der Waals surface area contributed by atoms with E-state index in [4.69, 9.17) is 4.74 Å². The van der Waals surface area contributed by atoms with Crippen molar-refractivity contribution in [3.05, 3.63) is 52.2 Å². The monoisotopic (exact) mass is 302 g/mol. The number of nitrogens with zero attached hydrogens (tertiary/aromatic N) is 1. The number of amides is 1. The van der Waals surface area contributed by atoms with Crippen molar-refractivity contribution in [3.63, 3.8) is 0 Å². The largest absolute Gasteiger partial charge is 0.360 e. The van der Waals surface area contributed by atoms with E-state index in [0.717, 1.165) is 12.0 Å². The molecular formula is C15H18N4O3. The lowest BCUT2D eigenvalue weighted by Crippen LogP contribution is -2.35. The maximum absolute atomic E-state index is 12.1. The Morgan fingerprint density at radius 3 is 2.86 bits per heavy atom. The molecule has 7 heteroatoms. The molecule has 1 aromatic carbocycles. The van der Waals surface area contributed by atoms with Gasteiger partial charge in [-0.25, -0.2) is 9.89 Å². The summed E-state index contributed by atoms with van der Waals surface area (Å²) in [7, 11) is 0. The fraction of sp³-hybridized carbons (Fsp3) is 0.400. The van der Waals surface area contributed by atoms with E-state index in [1.807, 2.05) is 30.3 Å². The second kappa shape index (κ2) is 6.57. The molecule has 1 aliphatic rings. The van der Waals surface area contributed by atoms with Gasteiger partial charge in [0.05, 0.1) is 6.10 Å². The molecule has 2 aromatic rings. The highest BCUT2D eigenvalue weighted by molar-refractivity contribution is 5.81. The van der Waals surface area contributed by atoms with Crippen LogP contribution in [0.25, 0.3) is 0 Å². The van der Waals surface area contributed by atoms with E-state index in [0.29, 0.717) is 25.2 Å². The van der Waals surface area contributed by atoms with Crippen LogP contribution in [0.5, 0.6) is 0 Å². The Bertz CT molecular complexity index is 679. The van der Waals surface area contributed by atoms with Gasteiger partial charge in [0.2, 0.25) is 5.91 Å². The molecule has 1 saturated heterocycles. The van der Waals surface area contributed by atoms with Gasteiger partial charge in [-0.05, 0) is 18.4 Å². The van der Waals surface area contributed by atoms with Gasteiger partial charge in [-0.15, -0.1) is 0 Å². The van der Waals surface area contributed by atoms with Crippen LogP contribution >= 0.6 is 0 Å². The predicted octanol–water partition coefficient (Wildman–Crippen LogP) is 0.677. The van der Waals surface area contributed by atoms with Crippen molar-refractivity contribution in [2.75, 3.05) is 6.54 Å². The van der Waals surface area contributed by atoms with Crippen LogP contribution in [-0.4, -0.2) is 33.7 Å². The number of ether oxygens (including phenoxy) is 1. The van der Waals surface area contributed by atoms with Crippen LogP contribution in [0.1, 0.15) is 30.3 Å². The summed E-state index contributed by atoms with van der Waals surface area (Å²) in [6, 6.07) is 9.92. The van der Waals surface area contributed by atoms with Gasteiger partial charge < -0.3 is 10.1 Å². The fourth-order valence-electron chi connectivity index (χ4n) is 2.58. The second-order valence-corrected chi connectivity index (χ2v) is 5.27. The number of hydrogen-bond donors (Lipinski definition) is 3. The van der Waals surface area contributed by atoms with Crippen LogP contribution in [-0.2, 0) is 16.0 Å². The lowest BCUT2D eigenvalue weighted by Gasteiger charge is -2.13. The quantitative estimate of drug-likeness (QED) is 0.756. The van der Waals surface area contributed by atoms with E-state index < -0.39 is 6.10 Å². The molecule has 116 valence electrons. The number of benzene rings is 1. The maximum Gasteiger partial charge on any atom is 0.340 e. The van der Waals surface area contributed by atoms with Crippen molar-refractivity contribution in [3.8, 4) is 0 Å². The molecule has 3 rings (SSSR count). The number of rotatable bonds is 5. The van der Waals surface area contributed by atoms with E-state index in [9.17, 15) is 9.59 Å². The maximum atomic E-state index is 12.1. The predicted molar refractivity (Wildman–Crippen MR) is 79.2 cm³/mol. The molecule has 1 fully saturated rings. The molecule has 7 nitrogen and oxygen atoms in total. The third kappa shape index (κ3) is 3.43. The Kier molecular flexibility index (Phi) is 4.34. The minimum absolute atomic E-state index is 0.0142. The molecule has 1 aromatic heterocycles. The van der Waals surface area contributed by atoms with Gasteiger partial charge in [-0.2, -0.15) is 5.10 Å². The minimum atomic E-state index is -0.413. The SMILES string of the molecule is O=C(NCCc1n[nH]c(=O)[nH]1)[C@H]1CC[C@@H](c2ccccc2)O1. The van der Waals surface area contributed by atoms with Crippen molar-refractivity contribution < 1.29 is 9.53 Å². The second-order valence-electron chi connectivity index (χ2n) is 5.27. The Balaban J connectivity index is 1.46. The van der Waals surface area contributed by atoms with Crippen LogP contribution < -0.4 is 11.0 Å². The number of hydrogen-bond acceptors (Lipinski definition) is 4. The zero-order chi connectivity index (χ0) is 15.4. The van der Waals surface area contributed by atoms with Gasteiger partial charge in [0.15, 0.2) is 0 Å². The molecule has 0 saturated carbocycles. The van der Waals surface area contributed by atoms with Gasteiger partial charge in [-0.3, -0.25) is 9.78 Å². The zero-order valence-corrected chi connectivity index (χ0v) is 12.0. The molecule has 22 heavy (non-hydrogen) atoms. The number of H-pyrrole nitrogens is 2. The van der Waals surface area contributed by atoms with Crippen LogP contribution in [0, 0.1) is 0 Å². The van der Waals surface area contributed by atoms with Crippen molar-refractivity contribution in [1.82, 2.24) is 20.5 Å². The normalized spacial score (nSPS) is 20.9. The summed E-state index contributed by atoms with van der Waals surface area (Å²) in [6.07, 6.45) is 1.60. The van der Waals surface area contributed by atoms with Crippen molar-refractivity contribution >= 4 is 5.91 Å². The summed E-state index contributed by atoms with van der Waals surface area (Å²) in [6.45, 7) is 0.412. The standard InChI is InChI=1S/C15H18N4O3/c20-14(16-9-8-13-17-15(21)19-18-13)12-7-6-11(22-12)10-4-2-1-3-5-10/h1-5,11-12H,6-9H2,(H,16,20)(H2,17,18,19,21)/t11-,12+/m0/s1. The van der Waals surface area contributed by atoms with Gasteiger partial charge in [0.1, 0.15) is 11.9 Å². The summed E-state index contributed by atoms with van der Waals surface area (Å²) >= 11 is 0. The average Bonchev–Trinajstić information content (AvgIpc) is 3.17. The first-order chi connectivity index (χ1) is 10.7. The van der Waals surface area contributed by atoms with Gasteiger partial charge in [-0.1, -0.05) is 30.3 Å². The van der Waals surface area contributed by atoms with E-state index in [-0.39, 0.29) is 17.7 Å². The molecule has 3 N–H and O–H groups in total. The van der Waals surface area contributed by atoms with Crippen LogP contribution in [0.3, 0.4) is 0 Å². The first kappa shape index (κ1) is 14.5. The molecule has 2 atom stereocenters. The van der Waals surface area contributed by atoms with Crippen LogP contribution in [0.2, 0.25) is 0 Å². The van der Waals surface area contributed by atoms with Crippen LogP contribution in [0.15, 0.2) is 35.1 Å². The lowest BCUT2D eigenvalue weighted by atomic mass is 10.1. The Labute approximate surface area is 127 Å². The number of aromatic nitrogens is 3. The van der Waals surface area contributed by atoms with E-state index in [1.165, 1.54) is 0 Å². The van der Waals surface area contributed by atoms with Gasteiger partial charge >= 0.3 is 5.69 Å². The van der Waals surface area contributed by atoms with Crippen molar-refractivity contribution in [2.45, 2.75) is 31.5 Å². The molecule has 0 bridgehead atoms. The first-order valence-corrected chi connectivity index (χ1v) is 7.34. The van der Waals surface area contributed by atoms with E-state index in [2.05, 4.69) is 20.5 Å². The highest BCUT2D eigenvalue weighted by Gasteiger charge is 2.31. The highest BCUT2D eigenvalue weighted by Crippen LogP contribution is 2.32. The minimum Gasteiger partial charge on any atom is -0.360 e. The summed E-state index contributed by atoms with van der Waals surface area (Å²) in [4.78, 5) is 25.5. The number of aromatic amines is 2. The third-order valence-corrected chi connectivity index (χ3v) is 3.69. The van der Waals surface area contributed by atoms with Gasteiger partial charge in [0.25, 0.3) is 0 Å². The Morgan fingerprint density at radius 2 is 2.14 bits per heavy atom. The van der Waals surface area contributed by atoms with Crippen molar-refractivity contribution in [1.29, 1.82) is 0 Å². The van der Waals surface area contributed by atoms with E-state index in [1.54, 1.807) is 0 Å². The lowest BCUT2D eigenvalue weighted by molar-refractivity contribution is -0.132. The Hall–Kier alpha value is -2.41. The summed E-state index contributed by atoms with van der Waals surface area (Å²) in [5.41, 5.74) is 0.762. The van der Waals surface area contributed by atoms with Gasteiger partial charge in [0, 0.05) is 13.0 Å². The zero-order valence-electron chi connectivity index (χ0n) is 12.0. The summed E-state index contributed by atoms with van der Waals surface area (Å²) in [5, 5.41) is 8.89. The molecule has 2 heterocycles. The number of carbonyl (C=O) groups is 1. The third-order valence-electron chi connectivity index (χ3n) is 3.69. The number of carbonyl (C=O) groups excluding carboxylic acids is 1. The van der Waals surface area contributed by atoms with Crippen molar-refractivity contribution in [2.24, 2.45) is 0 Å². The molecule has 0 aliphatic carbocycles. The molecule has 0 radical (unpaired) electrons. The molecular weight excluding hydrogens is 284 g/mol. The average molecular weight is 302 g/mol. The number of nitrogens with one attached hydrogen (secondary N) is 3. The van der Waals surface area contributed by atoms with Crippen LogP contribution in [0.4, 0.5) is 0 Å². The van der Waals surface area contributed by atoms with E-state index >= 15 is 0 Å². The topological polar surface area (TPSA) is 99.9 Å². The molecule has 0 spiro atoms. The fourth-order valence-corrected chi connectivity index (χ4v) is 2.58. The molecule has 1 amide bonds. The molecule has 1 aliphatic heterocycles. The smallest absolute Gasteiger partial charge is 0.340 e. The summed E-state index contributed by atoms with van der Waals surface area (Å²) < 4.78 is 5.82. The molecule has 0 unspecified atom stereocenters. The first-order valence-electron chi connectivity index (χ1n) is 7.34. The Morgan fingerprint density at radius 1 is 1.32 bits per heavy atom. The highest BCUT2D eigenvalue weighted by atomic mass is 16.5.